The third-order valence-corrected chi connectivity index (χ3v) is 14.5. The van der Waals surface area contributed by atoms with E-state index < -0.39 is 5.91 Å². The van der Waals surface area contributed by atoms with E-state index in [1.807, 2.05) is 26.2 Å². The number of nitrogens with zero attached hydrogens (tertiary/aromatic N) is 2. The standard InChI is InChI=1S/C52H41Cl2N9O6/c1-23-19-55-47-41(64)15-39-45(43(23)47)29(17-53)21-62(39)51(68)37-13-27-10-31(4-7-34(27)60-37)57-49(66)25-3-6-33-26(9-25)12-36(59-33)50(67)58-32-5-8-35-28(11-32)14-38(61-35)52(69)63-22-30(18-54)46-40(63)16-42(65)48-44(46)24(2)20-56-48/h3-16,19-20,29-30,55-56,59-61,64-65H,17-18,21-22H2,1-2H3,(H,57,66)(H,58,67)/t29-,30+/m0/s1. The molecule has 7 heterocycles. The third kappa shape index (κ3) is 6.71. The number of rotatable bonds is 8. The molecular weight excluding hydrogens is 918 g/mol. The molecule has 0 saturated carbocycles. The Bertz CT molecular complexity index is 3650. The molecule has 9 N–H and O–H groups in total. The van der Waals surface area contributed by atoms with Crippen LogP contribution in [0.4, 0.5) is 22.7 Å². The Labute approximate surface area is 401 Å². The summed E-state index contributed by atoms with van der Waals surface area (Å²) in [7, 11) is 0. The van der Waals surface area contributed by atoms with Gasteiger partial charge >= 0.3 is 0 Å². The SMILES string of the molecule is Cc1c[nH]c2c(O)cc3c(c12)[C@H](CCl)CN3C(=O)c1cc2cc(NC(=O)c3cc4cc(C(=O)Nc5ccc6[nH]c(C(=O)N7C[C@H](CCl)c8c7cc(O)c7[nH]cc(C)c87)cc6c5)ccc4[nH]3)ccc2[nH]1. The molecule has 5 aromatic heterocycles. The number of aryl methyl sites for hydroxylation is 2. The van der Waals surface area contributed by atoms with Crippen molar-refractivity contribution in [2.24, 2.45) is 0 Å². The smallest absolute Gasteiger partial charge is 0.274 e. The summed E-state index contributed by atoms with van der Waals surface area (Å²) in [6.45, 7) is 4.64. The molecule has 0 aliphatic carbocycles. The van der Waals surface area contributed by atoms with Gasteiger partial charge in [0.1, 0.15) is 28.6 Å². The number of benzene rings is 5. The van der Waals surface area contributed by atoms with Crippen LogP contribution in [0, 0.1) is 13.8 Å². The molecule has 10 aromatic rings. The van der Waals surface area contributed by atoms with Crippen LogP contribution in [0.15, 0.2) is 97.3 Å². The maximum atomic E-state index is 14.0. The van der Waals surface area contributed by atoms with Gasteiger partial charge in [0.15, 0.2) is 0 Å². The quantitative estimate of drug-likeness (QED) is 0.0675. The molecular formula is C52H41Cl2N9O6. The van der Waals surface area contributed by atoms with Gasteiger partial charge in [0.05, 0.1) is 22.4 Å². The summed E-state index contributed by atoms with van der Waals surface area (Å²) in [5.41, 5.74) is 10.8. The second kappa shape index (κ2) is 15.7. The summed E-state index contributed by atoms with van der Waals surface area (Å²) in [5.74, 6) is -0.787. The number of nitrogens with one attached hydrogen (secondary N) is 7. The van der Waals surface area contributed by atoms with Crippen molar-refractivity contribution in [1.82, 2.24) is 24.9 Å². The molecule has 5 aromatic carbocycles. The van der Waals surface area contributed by atoms with Gasteiger partial charge in [0.25, 0.3) is 23.6 Å². The number of alkyl halides is 2. The number of phenolic OH excluding ortho intramolecular Hbond substituents is 2. The molecule has 17 heteroatoms. The highest BCUT2D eigenvalue weighted by Gasteiger charge is 2.38. The van der Waals surface area contributed by atoms with E-state index in [4.69, 9.17) is 23.2 Å². The van der Waals surface area contributed by atoms with Gasteiger partial charge in [-0.3, -0.25) is 19.2 Å². The maximum absolute atomic E-state index is 14.0. The lowest BCUT2D eigenvalue weighted by molar-refractivity contribution is 0.0977. The Hall–Kier alpha value is -8.14. The first-order valence-corrected chi connectivity index (χ1v) is 23.4. The van der Waals surface area contributed by atoms with Crippen molar-refractivity contribution in [3.63, 3.8) is 0 Å². The third-order valence-electron chi connectivity index (χ3n) is 13.7. The number of aromatic hydroxyl groups is 2. The lowest BCUT2D eigenvalue weighted by Crippen LogP contribution is -2.30. The molecule has 0 unspecified atom stereocenters. The molecule has 344 valence electrons. The predicted octanol–water partition coefficient (Wildman–Crippen LogP) is 10.6. The highest BCUT2D eigenvalue weighted by molar-refractivity contribution is 6.20. The van der Waals surface area contributed by atoms with Gasteiger partial charge in [-0.05, 0) is 109 Å². The zero-order chi connectivity index (χ0) is 47.6. The molecule has 2 aliphatic rings. The first kappa shape index (κ1) is 42.2. The molecule has 0 saturated heterocycles. The van der Waals surface area contributed by atoms with Gasteiger partial charge in [-0.1, -0.05) is 0 Å². The zero-order valence-electron chi connectivity index (χ0n) is 36.9. The van der Waals surface area contributed by atoms with Gasteiger partial charge < -0.3 is 55.6 Å². The number of aromatic nitrogens is 5. The summed E-state index contributed by atoms with van der Waals surface area (Å²) >= 11 is 12.8. The minimum absolute atomic E-state index is 0.0571. The molecule has 0 bridgehead atoms. The zero-order valence-corrected chi connectivity index (χ0v) is 38.4. The molecule has 2 aliphatic heterocycles. The van der Waals surface area contributed by atoms with Gasteiger partial charge in [-0.25, -0.2) is 0 Å². The van der Waals surface area contributed by atoms with Crippen LogP contribution in [-0.2, 0) is 0 Å². The normalized spacial score (nSPS) is 15.5. The van der Waals surface area contributed by atoms with Crippen LogP contribution in [0.1, 0.15) is 75.9 Å². The number of aromatic amines is 5. The average Bonchev–Trinajstić information content (AvgIpc) is 4.22. The minimum atomic E-state index is -0.396. The van der Waals surface area contributed by atoms with Crippen molar-refractivity contribution < 1.29 is 29.4 Å². The van der Waals surface area contributed by atoms with E-state index in [1.165, 1.54) is 0 Å². The average molecular weight is 959 g/mol. The highest BCUT2D eigenvalue weighted by Crippen LogP contribution is 2.48. The number of H-pyrrole nitrogens is 5. The van der Waals surface area contributed by atoms with Crippen LogP contribution in [0.3, 0.4) is 0 Å². The van der Waals surface area contributed by atoms with Crippen LogP contribution in [0.2, 0.25) is 0 Å². The van der Waals surface area contributed by atoms with Crippen molar-refractivity contribution in [2.75, 3.05) is 45.3 Å². The Morgan fingerprint density at radius 3 is 1.51 bits per heavy atom. The van der Waals surface area contributed by atoms with Crippen molar-refractivity contribution >= 4 is 124 Å². The van der Waals surface area contributed by atoms with E-state index >= 15 is 0 Å². The topological polar surface area (TPSA) is 218 Å². The molecule has 2 atom stereocenters. The monoisotopic (exact) mass is 957 g/mol. The number of halogens is 2. The summed E-state index contributed by atoms with van der Waals surface area (Å²) in [4.78, 5) is 74.4. The summed E-state index contributed by atoms with van der Waals surface area (Å²) in [5, 5.41) is 31.4. The first-order valence-electron chi connectivity index (χ1n) is 22.3. The molecule has 0 spiro atoms. The van der Waals surface area contributed by atoms with Crippen LogP contribution >= 0.6 is 23.2 Å². The first-order chi connectivity index (χ1) is 33.3. The lowest BCUT2D eigenvalue weighted by Gasteiger charge is -2.17. The maximum Gasteiger partial charge on any atom is 0.274 e. The fourth-order valence-corrected chi connectivity index (χ4v) is 10.9. The second-order valence-electron chi connectivity index (χ2n) is 18.0. The fourth-order valence-electron chi connectivity index (χ4n) is 10.4. The largest absolute Gasteiger partial charge is 0.506 e. The Kier molecular flexibility index (Phi) is 9.62. The van der Waals surface area contributed by atoms with Gasteiger partial charge in [-0.15, -0.1) is 23.2 Å². The van der Waals surface area contributed by atoms with Crippen LogP contribution in [0.5, 0.6) is 11.5 Å². The van der Waals surface area contributed by atoms with E-state index in [1.54, 1.807) is 94.7 Å². The number of anilines is 4. The lowest BCUT2D eigenvalue weighted by atomic mass is 9.97. The number of carbonyl (C=O) groups excluding carboxylic acids is 4. The van der Waals surface area contributed by atoms with Crippen LogP contribution < -0.4 is 20.4 Å². The molecule has 4 amide bonds. The number of hydrogen-bond acceptors (Lipinski definition) is 6. The van der Waals surface area contributed by atoms with Crippen molar-refractivity contribution in [3.8, 4) is 11.5 Å². The molecule has 69 heavy (non-hydrogen) atoms. The number of hydrogen-bond donors (Lipinski definition) is 9. The van der Waals surface area contributed by atoms with E-state index in [0.717, 1.165) is 38.4 Å². The molecule has 12 rings (SSSR count). The minimum Gasteiger partial charge on any atom is -0.506 e. The number of carbonyl (C=O) groups is 4. The Morgan fingerprint density at radius 1 is 0.580 bits per heavy atom. The molecule has 0 radical (unpaired) electrons. The van der Waals surface area contributed by atoms with Crippen molar-refractivity contribution in [2.45, 2.75) is 25.7 Å². The fraction of sp³-hybridized carbons (Fsp3) is 0.154. The van der Waals surface area contributed by atoms with E-state index in [9.17, 15) is 29.4 Å². The van der Waals surface area contributed by atoms with E-state index in [-0.39, 0.29) is 46.8 Å². The summed E-state index contributed by atoms with van der Waals surface area (Å²) in [6.07, 6.45) is 3.67. The van der Waals surface area contributed by atoms with Crippen LogP contribution in [-0.4, -0.2) is 83.6 Å². The molecule has 15 nitrogen and oxygen atoms in total. The Morgan fingerprint density at radius 2 is 1.01 bits per heavy atom. The van der Waals surface area contributed by atoms with Gasteiger partial charge in [0, 0.05) is 122 Å². The summed E-state index contributed by atoms with van der Waals surface area (Å²) in [6, 6.07) is 24.2. The predicted molar refractivity (Wildman–Crippen MR) is 270 cm³/mol. The Balaban J connectivity index is 0.728. The number of fused-ring (bicyclic) bond motifs is 9. The van der Waals surface area contributed by atoms with Crippen molar-refractivity contribution in [3.05, 3.63) is 142 Å². The van der Waals surface area contributed by atoms with Crippen LogP contribution in [0.25, 0.3) is 54.5 Å². The number of phenols is 2. The van der Waals surface area contributed by atoms with Crippen molar-refractivity contribution in [1.29, 1.82) is 0 Å². The van der Waals surface area contributed by atoms with E-state index in [2.05, 4.69) is 35.6 Å². The van der Waals surface area contributed by atoms with Gasteiger partial charge in [0.2, 0.25) is 0 Å². The van der Waals surface area contributed by atoms with E-state index in [0.29, 0.717) is 103 Å². The number of amides is 4. The second-order valence-corrected chi connectivity index (χ2v) is 18.6. The highest BCUT2D eigenvalue weighted by atomic mass is 35.5. The van der Waals surface area contributed by atoms with Gasteiger partial charge in [-0.2, -0.15) is 0 Å². The summed E-state index contributed by atoms with van der Waals surface area (Å²) < 4.78 is 0. The molecule has 0 fully saturated rings.